The van der Waals surface area contributed by atoms with Crippen molar-refractivity contribution in [1.29, 1.82) is 0 Å². The first kappa shape index (κ1) is 10.4. The minimum atomic E-state index is 0.00977. The number of hydrogen-bond donors (Lipinski definition) is 3. The number of nitrogens with one attached hydrogen (secondary N) is 2. The molecule has 1 heterocycles. The SMILES string of the molecule is CNC(=O)[N+]1(CCO)CCNCC1. The van der Waals surface area contributed by atoms with E-state index in [0.717, 1.165) is 26.2 Å². The Labute approximate surface area is 78.3 Å². The van der Waals surface area contributed by atoms with Gasteiger partial charge in [-0.05, 0) is 0 Å². The van der Waals surface area contributed by atoms with E-state index in [1.165, 1.54) is 0 Å². The molecule has 0 unspecified atom stereocenters. The molecule has 0 atom stereocenters. The highest BCUT2D eigenvalue weighted by Gasteiger charge is 2.36. The summed E-state index contributed by atoms with van der Waals surface area (Å²) < 4.78 is 0.361. The molecule has 76 valence electrons. The topological polar surface area (TPSA) is 61.4 Å². The minimum Gasteiger partial charge on any atom is -0.390 e. The molecule has 0 aromatic carbocycles. The fourth-order valence-corrected chi connectivity index (χ4v) is 1.78. The van der Waals surface area contributed by atoms with Crippen LogP contribution in [0.2, 0.25) is 0 Å². The summed E-state index contributed by atoms with van der Waals surface area (Å²) in [5, 5.41) is 14.8. The fourth-order valence-electron chi connectivity index (χ4n) is 1.78. The number of quaternary nitrogens is 1. The number of nitrogens with zero attached hydrogens (tertiary/aromatic N) is 1. The summed E-state index contributed by atoms with van der Waals surface area (Å²) >= 11 is 0. The standard InChI is InChI=1S/C8H17N3O2/c1-9-8(13)11(6-7-12)4-2-10-3-5-11/h10,12H,2-7H2,1H3/p+1. The number of piperazine rings is 1. The third-order valence-electron chi connectivity index (χ3n) is 2.61. The first-order valence-electron chi connectivity index (χ1n) is 4.65. The normalized spacial score (nSPS) is 21.1. The third-order valence-corrected chi connectivity index (χ3v) is 2.61. The second-order valence-electron chi connectivity index (χ2n) is 3.34. The Kier molecular flexibility index (Phi) is 3.65. The van der Waals surface area contributed by atoms with Crippen LogP contribution in [-0.2, 0) is 0 Å². The molecule has 1 aliphatic heterocycles. The van der Waals surface area contributed by atoms with Crippen molar-refractivity contribution in [2.75, 3.05) is 46.4 Å². The van der Waals surface area contributed by atoms with Gasteiger partial charge in [0.05, 0.1) is 19.7 Å². The Morgan fingerprint density at radius 3 is 2.62 bits per heavy atom. The average Bonchev–Trinajstić information content (AvgIpc) is 2.18. The second-order valence-corrected chi connectivity index (χ2v) is 3.34. The van der Waals surface area contributed by atoms with Gasteiger partial charge < -0.3 is 15.7 Å². The van der Waals surface area contributed by atoms with Gasteiger partial charge in [-0.1, -0.05) is 0 Å². The van der Waals surface area contributed by atoms with Crippen molar-refractivity contribution >= 4 is 6.03 Å². The van der Waals surface area contributed by atoms with Crippen molar-refractivity contribution < 1.29 is 14.4 Å². The lowest BCUT2D eigenvalue weighted by atomic mass is 10.3. The molecule has 0 aromatic heterocycles. The summed E-state index contributed by atoms with van der Waals surface area (Å²) in [6, 6.07) is 0.00977. The molecule has 0 radical (unpaired) electrons. The highest BCUT2D eigenvalue weighted by atomic mass is 16.3. The molecular weight excluding hydrogens is 170 g/mol. The summed E-state index contributed by atoms with van der Waals surface area (Å²) in [7, 11) is 1.64. The molecule has 1 saturated heterocycles. The van der Waals surface area contributed by atoms with Gasteiger partial charge in [-0.3, -0.25) is 0 Å². The molecule has 2 amide bonds. The lowest BCUT2D eigenvalue weighted by Crippen LogP contribution is -2.65. The van der Waals surface area contributed by atoms with E-state index in [2.05, 4.69) is 10.6 Å². The molecule has 3 N–H and O–H groups in total. The van der Waals surface area contributed by atoms with Crippen LogP contribution in [0.3, 0.4) is 0 Å². The van der Waals surface area contributed by atoms with Gasteiger partial charge in [0.15, 0.2) is 0 Å². The molecule has 1 rings (SSSR count). The van der Waals surface area contributed by atoms with Crippen molar-refractivity contribution in [2.24, 2.45) is 0 Å². The van der Waals surface area contributed by atoms with Crippen molar-refractivity contribution in [2.45, 2.75) is 0 Å². The highest BCUT2D eigenvalue weighted by molar-refractivity contribution is 5.66. The van der Waals surface area contributed by atoms with Crippen LogP contribution in [0.4, 0.5) is 4.79 Å². The van der Waals surface area contributed by atoms with Gasteiger partial charge >= 0.3 is 6.03 Å². The summed E-state index contributed by atoms with van der Waals surface area (Å²) in [4.78, 5) is 11.6. The monoisotopic (exact) mass is 188 g/mol. The number of rotatable bonds is 2. The lowest BCUT2D eigenvalue weighted by molar-refractivity contribution is -0.853. The summed E-state index contributed by atoms with van der Waals surface area (Å²) in [6.45, 7) is 3.79. The third kappa shape index (κ3) is 2.18. The lowest BCUT2D eigenvalue weighted by Gasteiger charge is -2.37. The van der Waals surface area contributed by atoms with Gasteiger partial charge in [0, 0.05) is 20.1 Å². The average molecular weight is 188 g/mol. The Morgan fingerprint density at radius 2 is 2.15 bits per heavy atom. The van der Waals surface area contributed by atoms with Crippen molar-refractivity contribution in [1.82, 2.24) is 10.6 Å². The van der Waals surface area contributed by atoms with Gasteiger partial charge in [-0.15, -0.1) is 0 Å². The zero-order valence-corrected chi connectivity index (χ0v) is 8.05. The van der Waals surface area contributed by atoms with Crippen molar-refractivity contribution in [3.63, 3.8) is 0 Å². The predicted molar refractivity (Wildman–Crippen MR) is 49.3 cm³/mol. The quantitative estimate of drug-likeness (QED) is 0.474. The number of carbonyl (C=O) groups excluding carboxylic acids is 1. The molecule has 13 heavy (non-hydrogen) atoms. The van der Waals surface area contributed by atoms with E-state index in [0.29, 0.717) is 11.0 Å². The van der Waals surface area contributed by atoms with Crippen LogP contribution in [0, 0.1) is 0 Å². The fraction of sp³-hybridized carbons (Fsp3) is 0.875. The largest absolute Gasteiger partial charge is 0.416 e. The number of hydrogen-bond acceptors (Lipinski definition) is 3. The van der Waals surface area contributed by atoms with E-state index >= 15 is 0 Å². The van der Waals surface area contributed by atoms with E-state index in [-0.39, 0.29) is 12.6 Å². The van der Waals surface area contributed by atoms with Crippen LogP contribution in [0.1, 0.15) is 0 Å². The van der Waals surface area contributed by atoms with Gasteiger partial charge in [-0.25, -0.2) is 9.28 Å². The van der Waals surface area contributed by atoms with Gasteiger partial charge in [0.2, 0.25) is 0 Å². The van der Waals surface area contributed by atoms with Crippen molar-refractivity contribution in [3.05, 3.63) is 0 Å². The molecule has 0 spiro atoms. The van der Waals surface area contributed by atoms with E-state index in [1.54, 1.807) is 7.05 Å². The van der Waals surface area contributed by atoms with Crippen LogP contribution in [0.15, 0.2) is 0 Å². The first-order valence-corrected chi connectivity index (χ1v) is 4.65. The minimum absolute atomic E-state index is 0.00977. The summed E-state index contributed by atoms with van der Waals surface area (Å²) in [6.07, 6.45) is 0. The van der Waals surface area contributed by atoms with Crippen LogP contribution in [-0.4, -0.2) is 62.0 Å². The van der Waals surface area contributed by atoms with Crippen molar-refractivity contribution in [3.8, 4) is 0 Å². The molecule has 0 saturated carbocycles. The maximum Gasteiger partial charge on any atom is 0.416 e. The van der Waals surface area contributed by atoms with Crippen LogP contribution in [0.25, 0.3) is 0 Å². The summed E-state index contributed by atoms with van der Waals surface area (Å²) in [5.74, 6) is 0. The number of urea groups is 1. The zero-order chi connectivity index (χ0) is 9.73. The number of aliphatic hydroxyl groups is 1. The van der Waals surface area contributed by atoms with Crippen LogP contribution < -0.4 is 10.6 Å². The number of amides is 2. The Hall–Kier alpha value is -0.650. The van der Waals surface area contributed by atoms with E-state index in [1.807, 2.05) is 0 Å². The van der Waals surface area contributed by atoms with E-state index < -0.39 is 0 Å². The molecule has 1 aliphatic rings. The van der Waals surface area contributed by atoms with E-state index in [9.17, 15) is 4.79 Å². The Bertz CT molecular complexity index is 173. The molecule has 5 heteroatoms. The maximum absolute atomic E-state index is 11.6. The number of carbonyl (C=O) groups is 1. The second kappa shape index (κ2) is 4.55. The van der Waals surface area contributed by atoms with Gasteiger partial charge in [0.1, 0.15) is 6.54 Å². The Morgan fingerprint density at radius 1 is 1.54 bits per heavy atom. The van der Waals surface area contributed by atoms with Gasteiger partial charge in [-0.2, -0.15) is 0 Å². The molecule has 5 nitrogen and oxygen atoms in total. The Balaban J connectivity index is 2.66. The van der Waals surface area contributed by atoms with E-state index in [4.69, 9.17) is 5.11 Å². The molecule has 0 bridgehead atoms. The first-order chi connectivity index (χ1) is 6.25. The molecule has 0 aromatic rings. The molecule has 1 fully saturated rings. The number of aliphatic hydroxyl groups excluding tert-OH is 1. The highest BCUT2D eigenvalue weighted by Crippen LogP contribution is 2.08. The van der Waals surface area contributed by atoms with Crippen LogP contribution in [0.5, 0.6) is 0 Å². The maximum atomic E-state index is 11.6. The molecular formula is C8H18N3O2+. The molecule has 0 aliphatic carbocycles. The zero-order valence-electron chi connectivity index (χ0n) is 8.05. The summed E-state index contributed by atoms with van der Waals surface area (Å²) in [5.41, 5.74) is 0. The van der Waals surface area contributed by atoms with Gasteiger partial charge in [0.25, 0.3) is 0 Å². The van der Waals surface area contributed by atoms with Crippen LogP contribution >= 0.6 is 0 Å². The predicted octanol–water partition coefficient (Wildman–Crippen LogP) is -1.26. The smallest absolute Gasteiger partial charge is 0.390 e.